The van der Waals surface area contributed by atoms with Gasteiger partial charge in [0.05, 0.1) is 30.4 Å². The third-order valence-electron chi connectivity index (χ3n) is 8.90. The van der Waals surface area contributed by atoms with E-state index < -0.39 is 18.0 Å². The van der Waals surface area contributed by atoms with Crippen molar-refractivity contribution in [2.75, 3.05) is 19.3 Å². The minimum Gasteiger partial charge on any atom is -0.392 e. The van der Waals surface area contributed by atoms with Crippen molar-refractivity contribution in [1.29, 1.82) is 0 Å². The van der Waals surface area contributed by atoms with Crippen LogP contribution in [0.25, 0.3) is 27.8 Å². The van der Waals surface area contributed by atoms with E-state index in [1.165, 1.54) is 23.5 Å². The fourth-order valence-electron chi connectivity index (χ4n) is 6.38. The van der Waals surface area contributed by atoms with E-state index in [9.17, 15) is 9.90 Å². The third-order valence-corrected chi connectivity index (χ3v) is 8.90. The second kappa shape index (κ2) is 11.5. The van der Waals surface area contributed by atoms with Crippen LogP contribution in [0.2, 0.25) is 0 Å². The Kier molecular flexibility index (Phi) is 7.43. The Labute approximate surface area is 254 Å². The van der Waals surface area contributed by atoms with Crippen molar-refractivity contribution in [3.05, 3.63) is 93.7 Å². The maximum atomic E-state index is 15.2. The van der Waals surface area contributed by atoms with Crippen LogP contribution < -0.4 is 11.3 Å². The number of aromatic nitrogens is 6. The van der Waals surface area contributed by atoms with Crippen LogP contribution in [0.3, 0.4) is 0 Å². The fraction of sp³-hybridized carbons (Fsp3) is 0.364. The number of rotatable bonds is 8. The zero-order valence-electron chi connectivity index (χ0n) is 24.7. The molecule has 1 aliphatic heterocycles. The molecule has 4 heterocycles. The number of anilines is 1. The number of benzene rings is 2. The number of fused-ring (bicyclic) bond motifs is 1. The summed E-state index contributed by atoms with van der Waals surface area (Å²) in [4.78, 5) is 29.4. The normalized spacial score (nSPS) is 17.4. The van der Waals surface area contributed by atoms with Gasteiger partial charge in [-0.1, -0.05) is 24.6 Å². The maximum Gasteiger partial charge on any atom is 0.265 e. The zero-order valence-corrected chi connectivity index (χ0v) is 24.7. The summed E-state index contributed by atoms with van der Waals surface area (Å²) in [6.45, 7) is 1.53. The van der Waals surface area contributed by atoms with Gasteiger partial charge in [0.2, 0.25) is 5.95 Å². The van der Waals surface area contributed by atoms with E-state index in [2.05, 4.69) is 27.0 Å². The number of hydrogen-bond donors (Lipinski definition) is 2. The number of halogens is 1. The van der Waals surface area contributed by atoms with Gasteiger partial charge in [-0.05, 0) is 79.9 Å². The second-order valence-corrected chi connectivity index (χ2v) is 12.0. The zero-order chi connectivity index (χ0) is 30.4. The standard InChI is InChI=1S/C33H35FN8O2/c1-40-11-3-2-5-24(40)18-41-17-20(16-36-41)13-29-37-31(39-33(35)38-29)25-6-4-7-28(26(25)19-43)42-12-10-22-14-23(21-8-9-21)15-27(34)30(22)32(42)44/h4,6-7,10,12,14-17,21,24,43H,2-3,5,8-9,11,13,18-19H2,1H3,(H2,35,37,38,39). The number of likely N-dealkylation sites (N-methyl/N-ethyl adjacent to an activating group) is 1. The van der Waals surface area contributed by atoms with E-state index in [1.807, 2.05) is 23.1 Å². The number of hydrogen-bond acceptors (Lipinski definition) is 8. The van der Waals surface area contributed by atoms with Crippen LogP contribution in [0.5, 0.6) is 0 Å². The number of aliphatic hydroxyl groups is 1. The molecule has 5 aromatic rings. The second-order valence-electron chi connectivity index (χ2n) is 12.0. The van der Waals surface area contributed by atoms with Crippen LogP contribution >= 0.6 is 0 Å². The molecule has 10 nitrogen and oxygen atoms in total. The lowest BCUT2D eigenvalue weighted by Crippen LogP contribution is -2.39. The molecule has 3 aromatic heterocycles. The Morgan fingerprint density at radius 3 is 2.75 bits per heavy atom. The summed E-state index contributed by atoms with van der Waals surface area (Å²) >= 11 is 0. The minimum atomic E-state index is -0.533. The fourth-order valence-corrected chi connectivity index (χ4v) is 6.38. The SMILES string of the molecule is CN1CCCCC1Cn1cc(Cc2nc(N)nc(-c3cccc(-n4ccc5cc(C6CC6)cc(F)c5c4=O)c3CO)n2)cn1. The van der Waals surface area contributed by atoms with Gasteiger partial charge in [0.25, 0.3) is 5.56 Å². The van der Waals surface area contributed by atoms with Crippen molar-refractivity contribution < 1.29 is 9.50 Å². The highest BCUT2D eigenvalue weighted by Gasteiger charge is 2.26. The van der Waals surface area contributed by atoms with Gasteiger partial charge in [-0.3, -0.25) is 14.0 Å². The van der Waals surface area contributed by atoms with Gasteiger partial charge >= 0.3 is 0 Å². The van der Waals surface area contributed by atoms with Gasteiger partial charge in [0.1, 0.15) is 11.6 Å². The first kappa shape index (κ1) is 28.3. The summed E-state index contributed by atoms with van der Waals surface area (Å²) in [6, 6.07) is 10.8. The van der Waals surface area contributed by atoms with Crippen molar-refractivity contribution in [2.45, 2.75) is 63.6 Å². The van der Waals surface area contributed by atoms with E-state index in [1.54, 1.807) is 30.5 Å². The van der Waals surface area contributed by atoms with Crippen molar-refractivity contribution >= 4 is 16.7 Å². The van der Waals surface area contributed by atoms with Crippen molar-refractivity contribution in [1.82, 2.24) is 34.2 Å². The van der Waals surface area contributed by atoms with Crippen LogP contribution in [-0.4, -0.2) is 58.9 Å². The third kappa shape index (κ3) is 5.48. The van der Waals surface area contributed by atoms with Crippen molar-refractivity contribution in [3.63, 3.8) is 0 Å². The maximum absolute atomic E-state index is 15.2. The van der Waals surface area contributed by atoms with Gasteiger partial charge in [-0.25, -0.2) is 9.37 Å². The van der Waals surface area contributed by atoms with E-state index in [-0.39, 0.29) is 17.2 Å². The average Bonchev–Trinajstić information content (AvgIpc) is 3.78. The Morgan fingerprint density at radius 1 is 1.09 bits per heavy atom. The quantitative estimate of drug-likeness (QED) is 0.274. The summed E-state index contributed by atoms with van der Waals surface area (Å²) in [5.41, 5.74) is 8.85. The van der Waals surface area contributed by atoms with E-state index >= 15 is 4.39 Å². The minimum absolute atomic E-state index is 0.0218. The van der Waals surface area contributed by atoms with E-state index in [4.69, 9.17) is 10.7 Å². The highest BCUT2D eigenvalue weighted by Crippen LogP contribution is 2.41. The molecule has 1 saturated heterocycles. The van der Waals surface area contributed by atoms with E-state index in [0.717, 1.165) is 43.5 Å². The van der Waals surface area contributed by atoms with Gasteiger partial charge in [0, 0.05) is 36.0 Å². The van der Waals surface area contributed by atoms with Gasteiger partial charge < -0.3 is 15.7 Å². The number of pyridine rings is 1. The largest absolute Gasteiger partial charge is 0.392 e. The first-order valence-corrected chi connectivity index (χ1v) is 15.2. The predicted molar refractivity (Wildman–Crippen MR) is 166 cm³/mol. The molecule has 0 amide bonds. The molecule has 44 heavy (non-hydrogen) atoms. The summed E-state index contributed by atoms with van der Waals surface area (Å²) < 4.78 is 18.5. The Morgan fingerprint density at radius 2 is 1.95 bits per heavy atom. The predicted octanol–water partition coefficient (Wildman–Crippen LogP) is 4.21. The Balaban J connectivity index is 1.20. The number of nitrogen functional groups attached to an aromatic ring is 1. The molecule has 1 aliphatic carbocycles. The Hall–Kier alpha value is -4.48. The number of aliphatic hydroxyl groups excluding tert-OH is 1. The highest BCUT2D eigenvalue weighted by molar-refractivity contribution is 5.83. The first-order valence-electron chi connectivity index (χ1n) is 15.2. The van der Waals surface area contributed by atoms with Gasteiger partial charge in [-0.15, -0.1) is 0 Å². The monoisotopic (exact) mass is 594 g/mol. The molecule has 1 unspecified atom stereocenters. The highest BCUT2D eigenvalue weighted by atomic mass is 19.1. The topological polar surface area (TPSA) is 128 Å². The van der Waals surface area contributed by atoms with Crippen molar-refractivity contribution in [3.8, 4) is 17.1 Å². The molecule has 226 valence electrons. The molecule has 0 spiro atoms. The summed E-state index contributed by atoms with van der Waals surface area (Å²) in [5.74, 6) is 0.629. The van der Waals surface area contributed by atoms with Crippen LogP contribution in [-0.2, 0) is 19.6 Å². The van der Waals surface area contributed by atoms with Crippen LogP contribution in [0.4, 0.5) is 10.3 Å². The molecule has 2 aromatic carbocycles. The number of nitrogens with two attached hydrogens (primary N) is 1. The molecular weight excluding hydrogens is 559 g/mol. The summed E-state index contributed by atoms with van der Waals surface area (Å²) in [5, 5.41) is 15.7. The van der Waals surface area contributed by atoms with Crippen LogP contribution in [0.1, 0.15) is 60.5 Å². The lowest BCUT2D eigenvalue weighted by molar-refractivity contribution is 0.163. The van der Waals surface area contributed by atoms with E-state index in [0.29, 0.717) is 46.4 Å². The van der Waals surface area contributed by atoms with Crippen LogP contribution in [0, 0.1) is 5.82 Å². The molecule has 2 aliphatic rings. The molecule has 2 fully saturated rings. The lowest BCUT2D eigenvalue weighted by atomic mass is 10.0. The molecule has 0 bridgehead atoms. The van der Waals surface area contributed by atoms with Crippen molar-refractivity contribution in [2.24, 2.45) is 0 Å². The molecule has 1 saturated carbocycles. The number of likely N-dealkylation sites (tertiary alicyclic amines) is 1. The molecular formula is C33H35FN8O2. The average molecular weight is 595 g/mol. The molecule has 3 N–H and O–H groups in total. The van der Waals surface area contributed by atoms with Gasteiger partial charge in [-0.2, -0.15) is 15.1 Å². The number of piperidine rings is 1. The molecule has 1 atom stereocenters. The smallest absolute Gasteiger partial charge is 0.265 e. The summed E-state index contributed by atoms with van der Waals surface area (Å²) in [7, 11) is 2.16. The molecule has 7 rings (SSSR count). The molecule has 11 heteroatoms. The molecule has 0 radical (unpaired) electrons. The van der Waals surface area contributed by atoms with Gasteiger partial charge in [0.15, 0.2) is 5.82 Å². The summed E-state index contributed by atoms with van der Waals surface area (Å²) in [6.07, 6.45) is 11.6. The number of nitrogens with zero attached hydrogens (tertiary/aromatic N) is 7. The van der Waals surface area contributed by atoms with Crippen LogP contribution in [0.15, 0.2) is 59.8 Å². The lowest BCUT2D eigenvalue weighted by Gasteiger charge is -2.32. The first-order chi connectivity index (χ1) is 21.4. The Bertz CT molecular complexity index is 1910.